The largest absolute Gasteiger partial charge is 0.454 e. The fourth-order valence-corrected chi connectivity index (χ4v) is 4.64. The fourth-order valence-electron chi connectivity index (χ4n) is 4.64. The van der Waals surface area contributed by atoms with Crippen LogP contribution in [0.1, 0.15) is 48.9 Å². The number of nitrogens with zero attached hydrogens (tertiary/aromatic N) is 1. The number of hydrogen-bond donors (Lipinski definition) is 1. The highest BCUT2D eigenvalue weighted by atomic mass is 16.4. The van der Waals surface area contributed by atoms with Crippen molar-refractivity contribution in [1.29, 1.82) is 0 Å². The van der Waals surface area contributed by atoms with E-state index >= 15 is 0 Å². The quantitative estimate of drug-likeness (QED) is 0.910. The van der Waals surface area contributed by atoms with Gasteiger partial charge in [0.1, 0.15) is 5.76 Å². The molecule has 2 bridgehead atoms. The molecule has 2 aromatic rings. The van der Waals surface area contributed by atoms with Crippen LogP contribution in [0.5, 0.6) is 0 Å². The molecule has 25 heavy (non-hydrogen) atoms. The zero-order valence-electron chi connectivity index (χ0n) is 14.5. The van der Waals surface area contributed by atoms with Crippen molar-refractivity contribution in [1.82, 2.24) is 9.88 Å². The number of rotatable bonds is 5. The highest BCUT2D eigenvalue weighted by Crippen LogP contribution is 2.49. The Morgan fingerprint density at radius 1 is 1.28 bits per heavy atom. The number of aromatic nitrogens is 1. The summed E-state index contributed by atoms with van der Waals surface area (Å²) in [5.74, 6) is 2.99. The molecule has 0 radical (unpaired) electrons. The number of nitrogens with one attached hydrogen (secondary N) is 1. The maximum Gasteiger partial charge on any atom is 0.287 e. The van der Waals surface area contributed by atoms with Gasteiger partial charge in [-0.3, -0.25) is 9.59 Å². The van der Waals surface area contributed by atoms with Gasteiger partial charge in [0.05, 0.1) is 6.54 Å². The third kappa shape index (κ3) is 3.28. The first-order valence-electron chi connectivity index (χ1n) is 9.15. The van der Waals surface area contributed by atoms with Crippen LogP contribution < -0.4 is 10.9 Å². The van der Waals surface area contributed by atoms with Crippen LogP contribution >= 0.6 is 0 Å². The second kappa shape index (κ2) is 6.54. The molecule has 4 atom stereocenters. The number of amides is 1. The lowest BCUT2D eigenvalue weighted by Gasteiger charge is -2.28. The highest BCUT2D eigenvalue weighted by molar-refractivity contribution is 5.91. The number of furan rings is 1. The van der Waals surface area contributed by atoms with Gasteiger partial charge in [0.15, 0.2) is 5.76 Å². The van der Waals surface area contributed by atoms with E-state index in [-0.39, 0.29) is 17.5 Å². The molecule has 1 N–H and O–H groups in total. The van der Waals surface area contributed by atoms with Crippen LogP contribution in [0.2, 0.25) is 0 Å². The van der Waals surface area contributed by atoms with Gasteiger partial charge in [-0.2, -0.15) is 0 Å². The zero-order chi connectivity index (χ0) is 17.4. The Labute approximate surface area is 147 Å². The van der Waals surface area contributed by atoms with Crippen LogP contribution in [0, 0.1) is 17.8 Å². The summed E-state index contributed by atoms with van der Waals surface area (Å²) in [5, 5.41) is 3.11. The summed E-state index contributed by atoms with van der Waals surface area (Å²) >= 11 is 0. The number of pyridine rings is 1. The van der Waals surface area contributed by atoms with Crippen LogP contribution in [-0.2, 0) is 6.54 Å². The minimum Gasteiger partial charge on any atom is -0.454 e. The Kier molecular flexibility index (Phi) is 4.24. The van der Waals surface area contributed by atoms with Crippen molar-refractivity contribution >= 4 is 5.91 Å². The summed E-state index contributed by atoms with van der Waals surface area (Å²) in [6, 6.07) is 8.63. The van der Waals surface area contributed by atoms with Crippen molar-refractivity contribution in [2.75, 3.05) is 0 Å². The van der Waals surface area contributed by atoms with E-state index in [2.05, 4.69) is 12.2 Å². The Hall–Kier alpha value is -2.30. The molecule has 0 spiro atoms. The standard InChI is InChI=1S/C20H24N2O3/c1-13(17-11-14-5-6-15(17)10-14)21-20(24)18-8-7-16(25-18)12-22-9-3-2-4-19(22)23/h2-4,7-9,13-15,17H,5-6,10-12H2,1H3,(H,21,24). The molecule has 0 aliphatic heterocycles. The second-order valence-corrected chi connectivity index (χ2v) is 7.53. The van der Waals surface area contributed by atoms with Crippen LogP contribution in [-0.4, -0.2) is 16.5 Å². The SMILES string of the molecule is CC(NC(=O)c1ccc(Cn2ccccc2=O)o1)C1CC2CCC1C2. The number of carbonyl (C=O) groups is 1. The van der Waals surface area contributed by atoms with Crippen molar-refractivity contribution in [3.05, 3.63) is 58.4 Å². The third-order valence-corrected chi connectivity index (χ3v) is 5.90. The molecule has 132 valence electrons. The van der Waals surface area contributed by atoms with Gasteiger partial charge >= 0.3 is 0 Å². The Morgan fingerprint density at radius 2 is 2.16 bits per heavy atom. The molecule has 2 fully saturated rings. The maximum absolute atomic E-state index is 12.5. The highest BCUT2D eigenvalue weighted by Gasteiger charge is 2.42. The first-order chi connectivity index (χ1) is 12.1. The van der Waals surface area contributed by atoms with E-state index in [1.807, 2.05) is 0 Å². The summed E-state index contributed by atoms with van der Waals surface area (Å²) in [4.78, 5) is 24.2. The van der Waals surface area contributed by atoms with Gasteiger partial charge < -0.3 is 14.3 Å². The topological polar surface area (TPSA) is 64.2 Å². The Morgan fingerprint density at radius 3 is 2.88 bits per heavy atom. The smallest absolute Gasteiger partial charge is 0.287 e. The summed E-state index contributed by atoms with van der Waals surface area (Å²) in [6.45, 7) is 2.44. The summed E-state index contributed by atoms with van der Waals surface area (Å²) in [6.07, 6.45) is 6.96. The number of carbonyl (C=O) groups excluding carboxylic acids is 1. The molecule has 0 aromatic carbocycles. The second-order valence-electron chi connectivity index (χ2n) is 7.53. The van der Waals surface area contributed by atoms with Gasteiger partial charge in [-0.1, -0.05) is 12.5 Å². The number of hydrogen-bond acceptors (Lipinski definition) is 3. The van der Waals surface area contributed by atoms with Gasteiger partial charge in [-0.05, 0) is 62.1 Å². The minimum atomic E-state index is -0.165. The minimum absolute atomic E-state index is 0.0881. The van der Waals surface area contributed by atoms with Gasteiger partial charge in [0.25, 0.3) is 11.5 Å². The molecule has 4 unspecified atom stereocenters. The summed E-state index contributed by atoms with van der Waals surface area (Å²) in [5.41, 5.74) is -0.0881. The molecule has 1 amide bonds. The van der Waals surface area contributed by atoms with Crippen molar-refractivity contribution in [3.8, 4) is 0 Å². The monoisotopic (exact) mass is 340 g/mol. The lowest BCUT2D eigenvalue weighted by molar-refractivity contribution is 0.0885. The van der Waals surface area contributed by atoms with E-state index in [9.17, 15) is 9.59 Å². The van der Waals surface area contributed by atoms with E-state index in [0.29, 0.717) is 24.0 Å². The molecule has 4 rings (SSSR count). The molecule has 2 aromatic heterocycles. The molecule has 2 aliphatic carbocycles. The van der Waals surface area contributed by atoms with Gasteiger partial charge in [-0.25, -0.2) is 0 Å². The molecule has 2 heterocycles. The van der Waals surface area contributed by atoms with Crippen molar-refractivity contribution in [3.63, 3.8) is 0 Å². The predicted molar refractivity (Wildman–Crippen MR) is 94.4 cm³/mol. The van der Waals surface area contributed by atoms with E-state index < -0.39 is 0 Å². The number of fused-ring (bicyclic) bond motifs is 2. The maximum atomic E-state index is 12.5. The van der Waals surface area contributed by atoms with Gasteiger partial charge in [0.2, 0.25) is 0 Å². The first kappa shape index (κ1) is 16.2. The summed E-state index contributed by atoms with van der Waals surface area (Å²) < 4.78 is 7.21. The normalized spacial score (nSPS) is 25.9. The first-order valence-corrected chi connectivity index (χ1v) is 9.15. The van der Waals surface area contributed by atoms with Crippen LogP contribution in [0.4, 0.5) is 0 Å². The van der Waals surface area contributed by atoms with E-state index in [0.717, 1.165) is 11.8 Å². The average molecular weight is 340 g/mol. The van der Waals surface area contributed by atoms with Crippen molar-refractivity contribution in [2.24, 2.45) is 17.8 Å². The zero-order valence-corrected chi connectivity index (χ0v) is 14.5. The Balaban J connectivity index is 1.39. The lowest BCUT2D eigenvalue weighted by Crippen LogP contribution is -2.40. The molecule has 2 aliphatic rings. The van der Waals surface area contributed by atoms with Crippen molar-refractivity contribution < 1.29 is 9.21 Å². The fraction of sp³-hybridized carbons (Fsp3) is 0.500. The molecular formula is C20H24N2O3. The molecule has 2 saturated carbocycles. The van der Waals surface area contributed by atoms with E-state index in [1.165, 1.54) is 31.7 Å². The van der Waals surface area contributed by atoms with Crippen LogP contribution in [0.15, 0.2) is 45.7 Å². The average Bonchev–Trinajstić information content (AvgIpc) is 3.33. The van der Waals surface area contributed by atoms with Gasteiger partial charge in [0, 0.05) is 18.3 Å². The molecular weight excluding hydrogens is 316 g/mol. The van der Waals surface area contributed by atoms with E-state index in [1.54, 1.807) is 35.0 Å². The van der Waals surface area contributed by atoms with E-state index in [4.69, 9.17) is 4.42 Å². The van der Waals surface area contributed by atoms with Crippen LogP contribution in [0.3, 0.4) is 0 Å². The predicted octanol–water partition coefficient (Wildman–Crippen LogP) is 3.04. The van der Waals surface area contributed by atoms with Crippen molar-refractivity contribution in [2.45, 2.75) is 45.2 Å². The van der Waals surface area contributed by atoms with Crippen LogP contribution in [0.25, 0.3) is 0 Å². The Bertz CT molecular complexity index is 822. The molecule has 0 saturated heterocycles. The van der Waals surface area contributed by atoms with Gasteiger partial charge in [-0.15, -0.1) is 0 Å². The third-order valence-electron chi connectivity index (χ3n) is 5.90. The molecule has 5 heteroatoms. The lowest BCUT2D eigenvalue weighted by atomic mass is 9.84. The molecule has 5 nitrogen and oxygen atoms in total. The summed E-state index contributed by atoms with van der Waals surface area (Å²) in [7, 11) is 0.